The van der Waals surface area contributed by atoms with E-state index in [4.69, 9.17) is 0 Å². The van der Waals surface area contributed by atoms with Crippen LogP contribution in [0.25, 0.3) is 0 Å². The normalized spacial score (nSPS) is 14.9. The van der Waals surface area contributed by atoms with Crippen LogP contribution in [0.2, 0.25) is 0 Å². The Morgan fingerprint density at radius 3 is 2.61 bits per heavy atom. The highest BCUT2D eigenvalue weighted by Crippen LogP contribution is 2.25. The molecule has 2 nitrogen and oxygen atoms in total. The van der Waals surface area contributed by atoms with Gasteiger partial charge in [0.1, 0.15) is 0 Å². The minimum Gasteiger partial charge on any atom is -0.345 e. The summed E-state index contributed by atoms with van der Waals surface area (Å²) in [5, 5.41) is 3.14. The van der Waals surface area contributed by atoms with Crippen molar-refractivity contribution in [1.29, 1.82) is 0 Å². The first-order chi connectivity index (χ1) is 11.2. The predicted octanol–water partition coefficient (Wildman–Crippen LogP) is 4.78. The maximum Gasteiger partial charge on any atom is 0.252 e. The number of amides is 1. The lowest BCUT2D eigenvalue weighted by atomic mass is 9.89. The topological polar surface area (TPSA) is 29.1 Å². The molecule has 1 aliphatic rings. The third-order valence-electron chi connectivity index (χ3n) is 4.57. The fourth-order valence-electron chi connectivity index (χ4n) is 3.21. The summed E-state index contributed by atoms with van der Waals surface area (Å²) in [5.41, 5.74) is 4.89. The monoisotopic (exact) mass is 325 g/mol. The number of carbonyl (C=O) groups is 1. The van der Waals surface area contributed by atoms with Gasteiger partial charge >= 0.3 is 0 Å². The molecule has 2 aromatic carbocycles. The van der Waals surface area contributed by atoms with Crippen molar-refractivity contribution in [1.82, 2.24) is 5.32 Å². The van der Waals surface area contributed by atoms with Gasteiger partial charge in [-0.3, -0.25) is 4.79 Å². The number of benzene rings is 2. The lowest BCUT2D eigenvalue weighted by molar-refractivity contribution is 0.0937. The molecule has 3 rings (SSSR count). The highest BCUT2D eigenvalue weighted by Gasteiger charge is 2.16. The molecule has 120 valence electrons. The number of aryl methyl sites for hydroxylation is 2. The van der Waals surface area contributed by atoms with E-state index in [0.29, 0.717) is 0 Å². The molecular weight excluding hydrogens is 302 g/mol. The number of nitrogens with one attached hydrogen (secondary N) is 1. The zero-order valence-electron chi connectivity index (χ0n) is 13.8. The second-order valence-corrected chi connectivity index (χ2v) is 6.98. The molecule has 0 saturated heterocycles. The van der Waals surface area contributed by atoms with Gasteiger partial charge in [-0.2, -0.15) is 0 Å². The lowest BCUT2D eigenvalue weighted by Crippen LogP contribution is -2.27. The molecule has 1 amide bonds. The second-order valence-electron chi connectivity index (χ2n) is 6.13. The number of fused-ring (bicyclic) bond motifs is 1. The van der Waals surface area contributed by atoms with Gasteiger partial charge in [-0.1, -0.05) is 30.3 Å². The highest BCUT2D eigenvalue weighted by molar-refractivity contribution is 7.98. The fourth-order valence-corrected chi connectivity index (χ4v) is 3.81. The summed E-state index contributed by atoms with van der Waals surface area (Å²) in [6.07, 6.45) is 6.93. The van der Waals surface area contributed by atoms with Gasteiger partial charge in [-0.15, -0.1) is 11.8 Å². The van der Waals surface area contributed by atoms with Crippen LogP contribution in [0.15, 0.2) is 47.4 Å². The van der Waals surface area contributed by atoms with Gasteiger partial charge in [0, 0.05) is 4.90 Å². The quantitative estimate of drug-likeness (QED) is 0.820. The van der Waals surface area contributed by atoms with E-state index in [1.54, 1.807) is 11.8 Å². The molecule has 0 aromatic heterocycles. The molecule has 1 aliphatic carbocycles. The molecule has 0 aliphatic heterocycles. The number of rotatable bonds is 4. The van der Waals surface area contributed by atoms with Crippen LogP contribution in [-0.2, 0) is 12.8 Å². The summed E-state index contributed by atoms with van der Waals surface area (Å²) < 4.78 is 0. The van der Waals surface area contributed by atoms with E-state index in [-0.39, 0.29) is 11.9 Å². The molecule has 0 heterocycles. The van der Waals surface area contributed by atoms with Crippen LogP contribution in [0, 0.1) is 0 Å². The van der Waals surface area contributed by atoms with E-state index in [9.17, 15) is 4.79 Å². The van der Waals surface area contributed by atoms with Crippen molar-refractivity contribution in [2.24, 2.45) is 0 Å². The van der Waals surface area contributed by atoms with Crippen LogP contribution >= 0.6 is 11.8 Å². The van der Waals surface area contributed by atoms with Crippen molar-refractivity contribution in [2.45, 2.75) is 43.5 Å². The molecule has 1 atom stereocenters. The molecule has 0 bridgehead atoms. The molecule has 1 N–H and O–H groups in total. The first-order valence-electron chi connectivity index (χ1n) is 8.24. The lowest BCUT2D eigenvalue weighted by Gasteiger charge is -2.20. The zero-order chi connectivity index (χ0) is 16.2. The van der Waals surface area contributed by atoms with Crippen molar-refractivity contribution < 1.29 is 4.79 Å². The summed E-state index contributed by atoms with van der Waals surface area (Å²) >= 11 is 1.60. The Labute approximate surface area is 142 Å². The van der Waals surface area contributed by atoms with Crippen molar-refractivity contribution in [3.63, 3.8) is 0 Å². The third-order valence-corrected chi connectivity index (χ3v) is 5.37. The van der Waals surface area contributed by atoms with E-state index >= 15 is 0 Å². The van der Waals surface area contributed by atoms with Crippen molar-refractivity contribution in [3.05, 3.63) is 64.7 Å². The Hall–Kier alpha value is -1.74. The Balaban J connectivity index is 1.76. The van der Waals surface area contributed by atoms with E-state index in [2.05, 4.69) is 30.4 Å². The summed E-state index contributed by atoms with van der Waals surface area (Å²) in [6.45, 7) is 2.06. The molecule has 23 heavy (non-hydrogen) atoms. The Kier molecular flexibility index (Phi) is 5.06. The van der Waals surface area contributed by atoms with Gasteiger partial charge in [-0.25, -0.2) is 0 Å². The van der Waals surface area contributed by atoms with Crippen molar-refractivity contribution in [3.8, 4) is 0 Å². The van der Waals surface area contributed by atoms with Crippen LogP contribution in [0.3, 0.4) is 0 Å². The molecule has 0 fully saturated rings. The van der Waals surface area contributed by atoms with Crippen LogP contribution in [0.1, 0.15) is 52.9 Å². The van der Waals surface area contributed by atoms with Gasteiger partial charge in [-0.05, 0) is 67.7 Å². The van der Waals surface area contributed by atoms with E-state index in [0.717, 1.165) is 10.5 Å². The largest absolute Gasteiger partial charge is 0.345 e. The molecule has 0 saturated carbocycles. The first kappa shape index (κ1) is 16.1. The van der Waals surface area contributed by atoms with Crippen molar-refractivity contribution in [2.75, 3.05) is 6.26 Å². The smallest absolute Gasteiger partial charge is 0.252 e. The summed E-state index contributed by atoms with van der Waals surface area (Å²) in [5.74, 6) is 0.000158. The van der Waals surface area contributed by atoms with Gasteiger partial charge in [0.25, 0.3) is 5.91 Å². The third kappa shape index (κ3) is 3.61. The van der Waals surface area contributed by atoms with Crippen LogP contribution in [0.4, 0.5) is 0 Å². The average molecular weight is 325 g/mol. The fraction of sp³-hybridized carbons (Fsp3) is 0.350. The van der Waals surface area contributed by atoms with Crippen molar-refractivity contribution >= 4 is 17.7 Å². The van der Waals surface area contributed by atoms with Crippen LogP contribution in [0.5, 0.6) is 0 Å². The molecule has 1 unspecified atom stereocenters. The minimum atomic E-state index is 0.000158. The van der Waals surface area contributed by atoms with E-state index < -0.39 is 0 Å². The molecule has 3 heteroatoms. The SMILES string of the molecule is CSc1ccccc1C(=O)NC(C)c1ccc2c(c1)CCCC2. The molecule has 0 spiro atoms. The van der Waals surface area contributed by atoms with Gasteiger partial charge in [0.15, 0.2) is 0 Å². The second kappa shape index (κ2) is 7.22. The summed E-state index contributed by atoms with van der Waals surface area (Å²) in [6, 6.07) is 14.5. The first-order valence-corrected chi connectivity index (χ1v) is 9.47. The molecular formula is C20H23NOS. The maximum atomic E-state index is 12.6. The number of carbonyl (C=O) groups excluding carboxylic acids is 1. The zero-order valence-corrected chi connectivity index (χ0v) is 14.6. The highest BCUT2D eigenvalue weighted by atomic mass is 32.2. The number of thioether (sulfide) groups is 1. The summed E-state index contributed by atoms with van der Waals surface area (Å²) in [4.78, 5) is 13.6. The Morgan fingerprint density at radius 1 is 1.09 bits per heavy atom. The number of hydrogen-bond donors (Lipinski definition) is 1. The van der Waals surface area contributed by atoms with Gasteiger partial charge in [0.2, 0.25) is 0 Å². The van der Waals surface area contributed by atoms with E-state index in [1.165, 1.54) is 42.4 Å². The average Bonchev–Trinajstić information content (AvgIpc) is 2.61. The van der Waals surface area contributed by atoms with Crippen LogP contribution < -0.4 is 5.32 Å². The number of hydrogen-bond acceptors (Lipinski definition) is 2. The van der Waals surface area contributed by atoms with Crippen LogP contribution in [-0.4, -0.2) is 12.2 Å². The Bertz CT molecular complexity index is 711. The molecule has 2 aromatic rings. The maximum absolute atomic E-state index is 12.6. The van der Waals surface area contributed by atoms with Gasteiger partial charge < -0.3 is 5.32 Å². The standard InChI is InChI=1S/C20H23NOS/c1-14(16-12-11-15-7-3-4-8-17(15)13-16)21-20(22)18-9-5-6-10-19(18)23-2/h5-6,9-14H,3-4,7-8H2,1-2H3,(H,21,22). The summed E-state index contributed by atoms with van der Waals surface area (Å²) in [7, 11) is 0. The minimum absolute atomic E-state index is 0.000158. The van der Waals surface area contributed by atoms with E-state index in [1.807, 2.05) is 30.5 Å². The molecule has 0 radical (unpaired) electrons. The Morgan fingerprint density at radius 2 is 1.83 bits per heavy atom. The van der Waals surface area contributed by atoms with Gasteiger partial charge in [0.05, 0.1) is 11.6 Å². The predicted molar refractivity (Wildman–Crippen MR) is 97.2 cm³/mol.